The van der Waals surface area contributed by atoms with Gasteiger partial charge in [-0.15, -0.1) is 0 Å². The number of anilines is 2. The maximum atomic E-state index is 12.5. The molecular formula is C19H26ClN5OS. The van der Waals surface area contributed by atoms with Crippen molar-refractivity contribution >= 4 is 39.8 Å². The number of aromatic nitrogens is 2. The van der Waals surface area contributed by atoms with Crippen LogP contribution in [-0.4, -0.2) is 39.9 Å². The van der Waals surface area contributed by atoms with Crippen molar-refractivity contribution in [3.63, 3.8) is 0 Å². The summed E-state index contributed by atoms with van der Waals surface area (Å²) in [6.45, 7) is 5.64. The molecule has 0 aromatic carbocycles. The third kappa shape index (κ3) is 5.40. The van der Waals surface area contributed by atoms with Crippen LogP contribution in [0, 0.1) is 5.92 Å². The zero-order chi connectivity index (χ0) is 19.4. The molecule has 0 bridgehead atoms. The molecule has 3 N–H and O–H groups in total. The molecule has 1 aliphatic rings. The van der Waals surface area contributed by atoms with Gasteiger partial charge in [0.05, 0.1) is 12.2 Å². The fourth-order valence-corrected chi connectivity index (χ4v) is 4.23. The first-order valence-corrected chi connectivity index (χ1v) is 10.5. The van der Waals surface area contributed by atoms with E-state index in [2.05, 4.69) is 24.1 Å². The van der Waals surface area contributed by atoms with Gasteiger partial charge in [-0.3, -0.25) is 4.79 Å². The van der Waals surface area contributed by atoms with E-state index in [4.69, 9.17) is 22.3 Å². The zero-order valence-corrected chi connectivity index (χ0v) is 17.3. The maximum Gasteiger partial charge on any atom is 0.239 e. The lowest BCUT2D eigenvalue weighted by Gasteiger charge is -2.33. The monoisotopic (exact) mass is 407 g/mol. The molecule has 0 radical (unpaired) electrons. The molecule has 0 spiro atoms. The van der Waals surface area contributed by atoms with E-state index in [0.717, 1.165) is 49.0 Å². The normalized spacial score (nSPS) is 16.6. The molecule has 1 amide bonds. The summed E-state index contributed by atoms with van der Waals surface area (Å²) in [5.74, 6) is 1.60. The predicted octanol–water partition coefficient (Wildman–Crippen LogP) is 4.01. The number of nitrogens with one attached hydrogen (secondary N) is 1. The SMILES string of the molecule is CC(C)C[C@H](N)C(=O)N1CCC(c2cccc(Nc3ncc(Cl)s3)n2)CC1. The molecule has 0 unspecified atom stereocenters. The minimum atomic E-state index is -0.391. The Balaban J connectivity index is 1.58. The topological polar surface area (TPSA) is 84.1 Å². The fraction of sp³-hybridized carbons (Fsp3) is 0.526. The number of amides is 1. The number of hydrogen-bond acceptors (Lipinski definition) is 6. The van der Waals surface area contributed by atoms with Crippen molar-refractivity contribution in [3.8, 4) is 0 Å². The summed E-state index contributed by atoms with van der Waals surface area (Å²) in [5, 5.41) is 3.92. The first-order chi connectivity index (χ1) is 12.9. The molecule has 8 heteroatoms. The van der Waals surface area contributed by atoms with Crippen molar-refractivity contribution in [2.24, 2.45) is 11.7 Å². The second-order valence-electron chi connectivity index (χ2n) is 7.38. The summed E-state index contributed by atoms with van der Waals surface area (Å²) in [5.41, 5.74) is 7.11. The number of carbonyl (C=O) groups excluding carboxylic acids is 1. The van der Waals surface area contributed by atoms with Gasteiger partial charge in [-0.2, -0.15) is 0 Å². The molecular weight excluding hydrogens is 382 g/mol. The van der Waals surface area contributed by atoms with Crippen molar-refractivity contribution in [2.75, 3.05) is 18.4 Å². The summed E-state index contributed by atoms with van der Waals surface area (Å²) >= 11 is 7.30. The summed E-state index contributed by atoms with van der Waals surface area (Å²) in [4.78, 5) is 23.3. The molecule has 1 saturated heterocycles. The molecule has 146 valence electrons. The standard InChI is InChI=1S/C19H26ClN5OS/c1-12(2)10-14(21)18(26)25-8-6-13(7-9-25)15-4-3-5-17(23-15)24-19-22-11-16(20)27-19/h3-5,11-14H,6-10,21H2,1-2H3,(H,22,23,24)/t14-/m0/s1. The van der Waals surface area contributed by atoms with Crippen LogP contribution in [0.1, 0.15) is 44.7 Å². The van der Waals surface area contributed by atoms with Crippen molar-refractivity contribution < 1.29 is 4.79 Å². The Hall–Kier alpha value is -1.70. The molecule has 0 aliphatic carbocycles. The van der Waals surface area contributed by atoms with Crippen LogP contribution in [-0.2, 0) is 4.79 Å². The van der Waals surface area contributed by atoms with Crippen LogP contribution in [0.5, 0.6) is 0 Å². The van der Waals surface area contributed by atoms with Gasteiger partial charge in [0.1, 0.15) is 10.2 Å². The Morgan fingerprint density at radius 2 is 2.15 bits per heavy atom. The number of rotatable bonds is 6. The quantitative estimate of drug-likeness (QED) is 0.755. The van der Waals surface area contributed by atoms with Gasteiger partial charge < -0.3 is 16.0 Å². The lowest BCUT2D eigenvalue weighted by atomic mass is 9.92. The van der Waals surface area contributed by atoms with E-state index in [1.54, 1.807) is 6.20 Å². The number of nitrogens with zero attached hydrogens (tertiary/aromatic N) is 3. The predicted molar refractivity (Wildman–Crippen MR) is 111 cm³/mol. The molecule has 2 aromatic heterocycles. The molecule has 2 aromatic rings. The van der Waals surface area contributed by atoms with Gasteiger partial charge >= 0.3 is 0 Å². The number of hydrogen-bond donors (Lipinski definition) is 2. The van der Waals surface area contributed by atoms with Crippen LogP contribution in [0.3, 0.4) is 0 Å². The van der Waals surface area contributed by atoms with Crippen molar-refractivity contribution in [1.29, 1.82) is 0 Å². The van der Waals surface area contributed by atoms with E-state index in [0.29, 0.717) is 16.2 Å². The second kappa shape index (κ2) is 8.99. The number of pyridine rings is 1. The lowest BCUT2D eigenvalue weighted by Crippen LogP contribution is -2.47. The summed E-state index contributed by atoms with van der Waals surface area (Å²) in [6.07, 6.45) is 4.16. The molecule has 1 aliphatic heterocycles. The summed E-state index contributed by atoms with van der Waals surface area (Å²) in [7, 11) is 0. The third-order valence-electron chi connectivity index (χ3n) is 4.75. The minimum absolute atomic E-state index is 0.0752. The molecule has 1 fully saturated rings. The van der Waals surface area contributed by atoms with Crippen molar-refractivity contribution in [1.82, 2.24) is 14.9 Å². The van der Waals surface area contributed by atoms with Crippen LogP contribution >= 0.6 is 22.9 Å². The van der Waals surface area contributed by atoms with Gasteiger partial charge in [0.2, 0.25) is 5.91 Å². The average molecular weight is 408 g/mol. The van der Waals surface area contributed by atoms with Gasteiger partial charge in [-0.05, 0) is 37.3 Å². The van der Waals surface area contributed by atoms with E-state index in [9.17, 15) is 4.79 Å². The van der Waals surface area contributed by atoms with Gasteiger partial charge in [-0.25, -0.2) is 9.97 Å². The third-order valence-corrected chi connectivity index (χ3v) is 5.78. The maximum absolute atomic E-state index is 12.5. The number of halogens is 1. The molecule has 6 nitrogen and oxygen atoms in total. The Kier molecular flexibility index (Phi) is 6.68. The molecule has 3 heterocycles. The van der Waals surface area contributed by atoms with Gasteiger partial charge in [0.15, 0.2) is 5.13 Å². The zero-order valence-electron chi connectivity index (χ0n) is 15.7. The second-order valence-corrected chi connectivity index (χ2v) is 9.04. The molecule has 0 saturated carbocycles. The smallest absolute Gasteiger partial charge is 0.239 e. The largest absolute Gasteiger partial charge is 0.341 e. The van der Waals surface area contributed by atoms with Gasteiger partial charge in [0, 0.05) is 24.7 Å². The van der Waals surface area contributed by atoms with Crippen LogP contribution in [0.4, 0.5) is 10.9 Å². The number of carbonyl (C=O) groups is 1. The van der Waals surface area contributed by atoms with Crippen molar-refractivity contribution in [2.45, 2.75) is 45.1 Å². The van der Waals surface area contributed by atoms with E-state index in [1.165, 1.54) is 11.3 Å². The Bertz CT molecular complexity index is 773. The van der Waals surface area contributed by atoms with E-state index >= 15 is 0 Å². The van der Waals surface area contributed by atoms with E-state index < -0.39 is 6.04 Å². The highest BCUT2D eigenvalue weighted by atomic mass is 35.5. The van der Waals surface area contributed by atoms with Gasteiger partial charge in [0.25, 0.3) is 0 Å². The number of thiazole rings is 1. The molecule has 3 rings (SSSR count). The Labute approximate surface area is 169 Å². The highest BCUT2D eigenvalue weighted by Gasteiger charge is 2.27. The fourth-order valence-electron chi connectivity index (χ4n) is 3.41. The van der Waals surface area contributed by atoms with E-state index in [-0.39, 0.29) is 5.91 Å². The number of nitrogens with two attached hydrogens (primary N) is 1. The number of piperidine rings is 1. The highest BCUT2D eigenvalue weighted by molar-refractivity contribution is 7.19. The van der Waals surface area contributed by atoms with Crippen LogP contribution in [0.15, 0.2) is 24.4 Å². The molecule has 1 atom stereocenters. The summed E-state index contributed by atoms with van der Waals surface area (Å²) < 4.78 is 0.640. The first-order valence-electron chi connectivity index (χ1n) is 9.32. The average Bonchev–Trinajstić information content (AvgIpc) is 3.05. The Morgan fingerprint density at radius 3 is 2.78 bits per heavy atom. The lowest BCUT2D eigenvalue weighted by molar-refractivity contribution is -0.134. The summed E-state index contributed by atoms with van der Waals surface area (Å²) in [6, 6.07) is 5.57. The number of likely N-dealkylation sites (tertiary alicyclic amines) is 1. The van der Waals surface area contributed by atoms with Crippen LogP contribution < -0.4 is 11.1 Å². The highest BCUT2D eigenvalue weighted by Crippen LogP contribution is 2.29. The van der Waals surface area contributed by atoms with Crippen LogP contribution in [0.25, 0.3) is 0 Å². The Morgan fingerprint density at radius 1 is 1.41 bits per heavy atom. The minimum Gasteiger partial charge on any atom is -0.341 e. The molecule has 27 heavy (non-hydrogen) atoms. The van der Waals surface area contributed by atoms with E-state index in [1.807, 2.05) is 23.1 Å². The van der Waals surface area contributed by atoms with Crippen LogP contribution in [0.2, 0.25) is 4.34 Å². The van der Waals surface area contributed by atoms with Crippen molar-refractivity contribution in [3.05, 3.63) is 34.4 Å². The van der Waals surface area contributed by atoms with Gasteiger partial charge in [-0.1, -0.05) is 42.9 Å². The first kappa shape index (κ1) is 20.0.